The zero-order chi connectivity index (χ0) is 12.6. The minimum absolute atomic E-state index is 0.763. The molecule has 3 rings (SSSR count). The van der Waals surface area contributed by atoms with E-state index >= 15 is 0 Å². The van der Waals surface area contributed by atoms with Crippen molar-refractivity contribution in [2.45, 2.75) is 0 Å². The van der Waals surface area contributed by atoms with Gasteiger partial charge < -0.3 is 4.90 Å². The molecular weight excluding hydrogens is 228 g/mol. The lowest BCUT2D eigenvalue weighted by Crippen LogP contribution is -2.58. The Morgan fingerprint density at radius 3 is 2.72 bits per heavy atom. The number of likely N-dealkylation sites (N-methyl/N-ethyl adjacent to an activating group) is 1. The normalized spacial score (nSPS) is 19.1. The van der Waals surface area contributed by atoms with E-state index in [0.29, 0.717) is 0 Å². The second kappa shape index (κ2) is 4.10. The summed E-state index contributed by atoms with van der Waals surface area (Å²) in [6, 6.07) is 8.06. The van der Waals surface area contributed by atoms with Crippen molar-refractivity contribution in [3.8, 4) is 0 Å². The summed E-state index contributed by atoms with van der Waals surface area (Å²) in [4.78, 5) is 20.6. The number of carbonyl (C=O) groups is 1. The van der Waals surface area contributed by atoms with E-state index in [0.717, 1.165) is 54.1 Å². The zero-order valence-corrected chi connectivity index (χ0v) is 10.5. The first-order chi connectivity index (χ1) is 8.71. The van der Waals surface area contributed by atoms with Gasteiger partial charge in [-0.25, -0.2) is 0 Å². The summed E-state index contributed by atoms with van der Waals surface area (Å²) in [5.74, 6) is 0.988. The summed E-state index contributed by atoms with van der Waals surface area (Å²) in [6.07, 6.45) is 0.933. The molecule has 1 amide bonds. The van der Waals surface area contributed by atoms with Gasteiger partial charge in [0.15, 0.2) is 0 Å². The van der Waals surface area contributed by atoms with Crippen molar-refractivity contribution >= 4 is 23.4 Å². The Balaban J connectivity index is 1.91. The Labute approximate surface area is 106 Å². The number of hydrogen-bond donors (Lipinski definition) is 1. The van der Waals surface area contributed by atoms with Crippen LogP contribution in [0.25, 0.3) is 11.0 Å². The molecule has 5 nitrogen and oxygen atoms in total. The highest BCUT2D eigenvalue weighted by Gasteiger charge is 2.33. The molecule has 0 unspecified atom stereocenters. The van der Waals surface area contributed by atoms with Crippen LogP contribution in [0.5, 0.6) is 0 Å². The molecule has 2 heterocycles. The lowest BCUT2D eigenvalue weighted by atomic mass is 10.3. The largest absolute Gasteiger partial charge is 0.334 e. The fraction of sp³-hybridized carbons (Fsp3) is 0.385. The number of fused-ring (bicyclic) bond motifs is 1. The van der Waals surface area contributed by atoms with E-state index in [2.05, 4.69) is 17.0 Å². The van der Waals surface area contributed by atoms with Crippen LogP contribution in [0.3, 0.4) is 0 Å². The molecule has 0 radical (unpaired) electrons. The highest BCUT2D eigenvalue weighted by molar-refractivity contribution is 5.77. The van der Waals surface area contributed by atoms with E-state index in [4.69, 9.17) is 0 Å². The molecule has 0 bridgehead atoms. The van der Waals surface area contributed by atoms with E-state index < -0.39 is 0 Å². The van der Waals surface area contributed by atoms with Crippen LogP contribution in [-0.4, -0.2) is 54.5 Å². The predicted octanol–water partition coefficient (Wildman–Crippen LogP) is 0.972. The number of imidazole rings is 1. The maximum atomic E-state index is 10.7. The number of carbonyl (C=O) groups excluding carboxylic acids is 1. The number of piperazine rings is 1. The number of amides is 1. The molecule has 1 aromatic carbocycles. The Morgan fingerprint density at radius 1 is 1.33 bits per heavy atom. The summed E-state index contributed by atoms with van der Waals surface area (Å²) >= 11 is 0. The standard InChI is InChI=1S/C13H17N4O/c1-17(8-6-16(10-18)7-9-17)13-14-11-4-2-3-5-12(11)15-13/h2-5,10H,6-9H2,1H3,(H,14,15)/q+1. The number of H-pyrrole nitrogens is 1. The van der Waals surface area contributed by atoms with Gasteiger partial charge in [0.2, 0.25) is 6.41 Å². The number of para-hydroxylation sites is 2. The van der Waals surface area contributed by atoms with Gasteiger partial charge in [-0.15, -0.1) is 0 Å². The lowest BCUT2D eigenvalue weighted by Gasteiger charge is -2.38. The zero-order valence-electron chi connectivity index (χ0n) is 10.5. The van der Waals surface area contributed by atoms with E-state index in [1.165, 1.54) is 0 Å². The maximum Gasteiger partial charge on any atom is 0.307 e. The van der Waals surface area contributed by atoms with Crippen molar-refractivity contribution in [1.82, 2.24) is 19.4 Å². The van der Waals surface area contributed by atoms with Crippen molar-refractivity contribution < 1.29 is 4.79 Å². The summed E-state index contributed by atoms with van der Waals surface area (Å²) in [5, 5.41) is 0. The van der Waals surface area contributed by atoms with E-state index in [1.807, 2.05) is 29.2 Å². The van der Waals surface area contributed by atoms with E-state index in [9.17, 15) is 4.79 Å². The Morgan fingerprint density at radius 2 is 2.06 bits per heavy atom. The molecule has 0 saturated carbocycles. The smallest absolute Gasteiger partial charge is 0.307 e. The molecule has 5 heteroatoms. The topological polar surface area (TPSA) is 49.0 Å². The fourth-order valence-electron chi connectivity index (χ4n) is 2.43. The molecule has 1 saturated heterocycles. The molecule has 1 fully saturated rings. The van der Waals surface area contributed by atoms with Crippen LogP contribution in [0.15, 0.2) is 24.3 Å². The first kappa shape index (κ1) is 11.2. The van der Waals surface area contributed by atoms with Crippen LogP contribution in [0.1, 0.15) is 0 Å². The molecule has 0 atom stereocenters. The number of aromatic amines is 1. The third kappa shape index (κ3) is 1.76. The molecular formula is C13H17N4O+. The van der Waals surface area contributed by atoms with Crippen molar-refractivity contribution in [2.24, 2.45) is 0 Å². The molecule has 2 aromatic rings. The molecule has 1 aliphatic heterocycles. The van der Waals surface area contributed by atoms with Gasteiger partial charge in [0.1, 0.15) is 13.1 Å². The van der Waals surface area contributed by atoms with Crippen LogP contribution in [0.4, 0.5) is 5.95 Å². The highest BCUT2D eigenvalue weighted by atomic mass is 16.1. The minimum atomic E-state index is 0.763. The number of aromatic nitrogens is 2. The molecule has 18 heavy (non-hydrogen) atoms. The number of nitrogens with one attached hydrogen (secondary N) is 1. The number of hydrogen-bond acceptors (Lipinski definition) is 2. The second-order valence-electron chi connectivity index (χ2n) is 5.06. The third-order valence-electron chi connectivity index (χ3n) is 3.80. The van der Waals surface area contributed by atoms with Crippen LogP contribution in [0, 0.1) is 0 Å². The monoisotopic (exact) mass is 245 g/mol. The average Bonchev–Trinajstić information content (AvgIpc) is 2.84. The number of nitrogens with zero attached hydrogens (tertiary/aromatic N) is 3. The quantitative estimate of drug-likeness (QED) is 0.633. The molecule has 0 aliphatic carbocycles. The van der Waals surface area contributed by atoms with Crippen molar-refractivity contribution in [2.75, 3.05) is 33.2 Å². The minimum Gasteiger partial charge on any atom is -0.334 e. The van der Waals surface area contributed by atoms with E-state index in [1.54, 1.807) is 0 Å². The van der Waals surface area contributed by atoms with Gasteiger partial charge in [0.25, 0.3) is 0 Å². The van der Waals surface area contributed by atoms with Gasteiger partial charge in [-0.1, -0.05) is 12.1 Å². The van der Waals surface area contributed by atoms with Gasteiger partial charge in [-0.3, -0.25) is 14.3 Å². The summed E-state index contributed by atoms with van der Waals surface area (Å²) in [5.41, 5.74) is 2.08. The predicted molar refractivity (Wildman–Crippen MR) is 71.2 cm³/mol. The SMILES string of the molecule is C[N+]1(c2nc3ccccc3[nH]2)CCN(C=O)CC1. The van der Waals surface area contributed by atoms with Crippen LogP contribution >= 0.6 is 0 Å². The number of quaternary nitrogens is 1. The number of benzene rings is 1. The van der Waals surface area contributed by atoms with Crippen molar-refractivity contribution in [3.05, 3.63) is 24.3 Å². The molecule has 0 spiro atoms. The Kier molecular flexibility index (Phi) is 2.56. The highest BCUT2D eigenvalue weighted by Crippen LogP contribution is 2.23. The van der Waals surface area contributed by atoms with Gasteiger partial charge in [-0.2, -0.15) is 4.98 Å². The van der Waals surface area contributed by atoms with E-state index in [-0.39, 0.29) is 0 Å². The van der Waals surface area contributed by atoms with Crippen LogP contribution < -0.4 is 4.48 Å². The van der Waals surface area contributed by atoms with Crippen molar-refractivity contribution in [3.63, 3.8) is 0 Å². The third-order valence-corrected chi connectivity index (χ3v) is 3.80. The molecule has 1 N–H and O–H groups in total. The van der Waals surface area contributed by atoms with Crippen LogP contribution in [0.2, 0.25) is 0 Å². The second-order valence-corrected chi connectivity index (χ2v) is 5.06. The first-order valence-electron chi connectivity index (χ1n) is 6.20. The molecule has 94 valence electrons. The van der Waals surface area contributed by atoms with Gasteiger partial charge in [-0.05, 0) is 12.1 Å². The summed E-state index contributed by atoms with van der Waals surface area (Å²) < 4.78 is 0.763. The Bertz CT molecular complexity index is 536. The summed E-state index contributed by atoms with van der Waals surface area (Å²) in [6.45, 7) is 3.38. The van der Waals surface area contributed by atoms with Crippen molar-refractivity contribution in [1.29, 1.82) is 0 Å². The van der Waals surface area contributed by atoms with Gasteiger partial charge in [0.05, 0.1) is 31.2 Å². The molecule has 1 aliphatic rings. The Hall–Kier alpha value is -1.88. The van der Waals surface area contributed by atoms with Crippen LogP contribution in [-0.2, 0) is 4.79 Å². The number of rotatable bonds is 2. The summed E-state index contributed by atoms with van der Waals surface area (Å²) in [7, 11) is 2.17. The fourth-order valence-corrected chi connectivity index (χ4v) is 2.43. The average molecular weight is 245 g/mol. The maximum absolute atomic E-state index is 10.7. The molecule has 1 aromatic heterocycles. The lowest BCUT2D eigenvalue weighted by molar-refractivity contribution is -0.119. The first-order valence-corrected chi connectivity index (χ1v) is 6.20. The van der Waals surface area contributed by atoms with Gasteiger partial charge in [0, 0.05) is 0 Å². The van der Waals surface area contributed by atoms with Gasteiger partial charge >= 0.3 is 5.95 Å².